The fourth-order valence-electron chi connectivity index (χ4n) is 2.63. The van der Waals surface area contributed by atoms with Gasteiger partial charge in [-0.15, -0.1) is 0 Å². The summed E-state index contributed by atoms with van der Waals surface area (Å²) in [6.45, 7) is 3.74. The van der Waals surface area contributed by atoms with Gasteiger partial charge in [-0.05, 0) is 24.6 Å². The van der Waals surface area contributed by atoms with Crippen LogP contribution in [0.5, 0.6) is 0 Å². The first kappa shape index (κ1) is 13.1. The van der Waals surface area contributed by atoms with Crippen molar-refractivity contribution in [1.29, 1.82) is 0 Å². The molecule has 0 saturated carbocycles. The van der Waals surface area contributed by atoms with Gasteiger partial charge < -0.3 is 15.7 Å². The smallest absolute Gasteiger partial charge is 0.253 e. The maximum absolute atomic E-state index is 12.3. The maximum atomic E-state index is 12.3. The summed E-state index contributed by atoms with van der Waals surface area (Å²) in [6, 6.07) is 3.83. The lowest BCUT2D eigenvalue weighted by Gasteiger charge is -2.14. The van der Waals surface area contributed by atoms with E-state index in [1.165, 1.54) is 0 Å². The summed E-state index contributed by atoms with van der Waals surface area (Å²) in [5, 5.41) is 23.5. The largest absolute Gasteiger partial charge is 0.391 e. The summed E-state index contributed by atoms with van der Waals surface area (Å²) in [5.41, 5.74) is 2.36. The van der Waals surface area contributed by atoms with Crippen LogP contribution in [0.1, 0.15) is 15.9 Å². The molecule has 1 aromatic carbocycles. The van der Waals surface area contributed by atoms with Gasteiger partial charge in [0.15, 0.2) is 0 Å². The average Bonchev–Trinajstić information content (AvgIpc) is 3.03. The third-order valence-corrected chi connectivity index (χ3v) is 3.77. The molecule has 6 heteroatoms. The highest BCUT2D eigenvalue weighted by atomic mass is 16.3. The van der Waals surface area contributed by atoms with Crippen molar-refractivity contribution in [2.75, 3.05) is 19.6 Å². The van der Waals surface area contributed by atoms with E-state index in [-0.39, 0.29) is 17.9 Å². The molecular weight excluding hydrogens is 256 g/mol. The Balaban J connectivity index is 1.77. The second kappa shape index (κ2) is 5.22. The van der Waals surface area contributed by atoms with Gasteiger partial charge in [-0.2, -0.15) is 5.10 Å². The topological polar surface area (TPSA) is 90.0 Å². The van der Waals surface area contributed by atoms with Crippen LogP contribution in [0.15, 0.2) is 18.3 Å². The monoisotopic (exact) mass is 274 g/mol. The fraction of sp³-hybridized carbons (Fsp3) is 0.429. The minimum absolute atomic E-state index is 0.0704. The van der Waals surface area contributed by atoms with E-state index in [0.29, 0.717) is 18.7 Å². The van der Waals surface area contributed by atoms with Gasteiger partial charge in [0.05, 0.1) is 23.4 Å². The van der Waals surface area contributed by atoms with E-state index in [4.69, 9.17) is 0 Å². The van der Waals surface area contributed by atoms with Crippen LogP contribution >= 0.6 is 0 Å². The molecule has 1 aromatic heterocycles. The predicted octanol–water partition coefficient (Wildman–Crippen LogP) is 0.181. The lowest BCUT2D eigenvalue weighted by Crippen LogP contribution is -2.34. The lowest BCUT2D eigenvalue weighted by molar-refractivity contribution is 0.0928. The minimum Gasteiger partial charge on any atom is -0.391 e. The molecule has 1 fully saturated rings. The molecule has 0 unspecified atom stereocenters. The molecule has 4 N–H and O–H groups in total. The number of aliphatic hydroxyl groups is 1. The van der Waals surface area contributed by atoms with Crippen LogP contribution in [-0.4, -0.2) is 46.9 Å². The Morgan fingerprint density at radius 3 is 3.10 bits per heavy atom. The van der Waals surface area contributed by atoms with Crippen molar-refractivity contribution < 1.29 is 9.90 Å². The number of fused-ring (bicyclic) bond motifs is 1. The number of amides is 1. The highest BCUT2D eigenvalue weighted by Gasteiger charge is 2.25. The van der Waals surface area contributed by atoms with Crippen molar-refractivity contribution in [2.45, 2.75) is 13.0 Å². The van der Waals surface area contributed by atoms with Gasteiger partial charge in [0, 0.05) is 30.9 Å². The van der Waals surface area contributed by atoms with E-state index < -0.39 is 0 Å². The van der Waals surface area contributed by atoms with Crippen molar-refractivity contribution in [3.63, 3.8) is 0 Å². The number of aromatic nitrogens is 2. The van der Waals surface area contributed by atoms with Gasteiger partial charge >= 0.3 is 0 Å². The molecule has 1 saturated heterocycles. The molecule has 3 rings (SSSR count). The summed E-state index contributed by atoms with van der Waals surface area (Å²) in [7, 11) is 0. The van der Waals surface area contributed by atoms with Crippen LogP contribution in [0, 0.1) is 12.8 Å². The number of aliphatic hydroxyl groups excluding tert-OH is 1. The Morgan fingerprint density at radius 1 is 1.50 bits per heavy atom. The number of hydrogen-bond donors (Lipinski definition) is 4. The molecule has 1 aliphatic heterocycles. The number of nitrogens with one attached hydrogen (secondary N) is 3. The summed E-state index contributed by atoms with van der Waals surface area (Å²) in [4.78, 5) is 12.3. The third kappa shape index (κ3) is 2.39. The van der Waals surface area contributed by atoms with E-state index in [9.17, 15) is 9.90 Å². The Hall–Kier alpha value is -1.92. The van der Waals surface area contributed by atoms with E-state index in [1.807, 2.05) is 19.1 Å². The molecule has 0 spiro atoms. The van der Waals surface area contributed by atoms with Gasteiger partial charge in [-0.25, -0.2) is 0 Å². The Labute approximate surface area is 116 Å². The molecule has 0 bridgehead atoms. The molecule has 1 amide bonds. The zero-order valence-electron chi connectivity index (χ0n) is 11.3. The van der Waals surface area contributed by atoms with Gasteiger partial charge in [0.25, 0.3) is 5.91 Å². The van der Waals surface area contributed by atoms with Crippen molar-refractivity contribution in [3.05, 3.63) is 29.5 Å². The predicted molar refractivity (Wildman–Crippen MR) is 75.5 cm³/mol. The highest BCUT2D eigenvalue weighted by molar-refractivity contribution is 6.05. The fourth-order valence-corrected chi connectivity index (χ4v) is 2.63. The van der Waals surface area contributed by atoms with Crippen LogP contribution < -0.4 is 10.6 Å². The first-order chi connectivity index (χ1) is 9.65. The number of aryl methyl sites for hydroxylation is 1. The van der Waals surface area contributed by atoms with Gasteiger partial charge in [0.1, 0.15) is 0 Å². The maximum Gasteiger partial charge on any atom is 0.253 e. The molecule has 6 nitrogen and oxygen atoms in total. The molecule has 0 aliphatic carbocycles. The number of carbonyl (C=O) groups is 1. The minimum atomic E-state index is -0.389. The number of H-pyrrole nitrogens is 1. The molecule has 2 aromatic rings. The summed E-state index contributed by atoms with van der Waals surface area (Å²) >= 11 is 0. The van der Waals surface area contributed by atoms with Crippen LogP contribution in [0.4, 0.5) is 0 Å². The van der Waals surface area contributed by atoms with Crippen molar-refractivity contribution in [1.82, 2.24) is 20.8 Å². The van der Waals surface area contributed by atoms with Gasteiger partial charge in [0.2, 0.25) is 0 Å². The SMILES string of the molecule is Cc1cc(C(=O)NC[C@H]2CNC[C@H]2O)c2[nH]ncc2c1. The zero-order chi connectivity index (χ0) is 14.1. The molecule has 2 atom stereocenters. The third-order valence-electron chi connectivity index (χ3n) is 3.77. The van der Waals surface area contributed by atoms with Gasteiger partial charge in [-0.1, -0.05) is 0 Å². The first-order valence-electron chi connectivity index (χ1n) is 6.76. The molecule has 2 heterocycles. The quantitative estimate of drug-likeness (QED) is 0.643. The number of β-amino-alcohol motifs (C(OH)–C–C–N with tert-alkyl or cyclic N) is 1. The number of carbonyl (C=O) groups excluding carboxylic acids is 1. The van der Waals surface area contributed by atoms with Crippen LogP contribution in [0.2, 0.25) is 0 Å². The van der Waals surface area contributed by atoms with Crippen molar-refractivity contribution in [2.24, 2.45) is 5.92 Å². The Morgan fingerprint density at radius 2 is 2.35 bits per heavy atom. The molecule has 1 aliphatic rings. The van der Waals surface area contributed by atoms with Crippen LogP contribution in [-0.2, 0) is 0 Å². The number of nitrogens with zero attached hydrogens (tertiary/aromatic N) is 1. The second-order valence-corrected chi connectivity index (χ2v) is 5.34. The highest BCUT2D eigenvalue weighted by Crippen LogP contribution is 2.18. The van der Waals surface area contributed by atoms with Gasteiger partial charge in [-0.3, -0.25) is 9.89 Å². The number of benzene rings is 1. The van der Waals surface area contributed by atoms with Crippen LogP contribution in [0.3, 0.4) is 0 Å². The number of hydrogen-bond acceptors (Lipinski definition) is 4. The Bertz CT molecular complexity index is 637. The summed E-state index contributed by atoms with van der Waals surface area (Å²) < 4.78 is 0. The van der Waals surface area contributed by atoms with Crippen molar-refractivity contribution >= 4 is 16.8 Å². The number of aromatic amines is 1. The molecular formula is C14H18N4O2. The van der Waals surface area contributed by atoms with E-state index in [0.717, 1.165) is 23.0 Å². The van der Waals surface area contributed by atoms with E-state index in [2.05, 4.69) is 20.8 Å². The zero-order valence-corrected chi connectivity index (χ0v) is 11.3. The first-order valence-corrected chi connectivity index (χ1v) is 6.76. The van der Waals surface area contributed by atoms with Crippen molar-refractivity contribution in [3.8, 4) is 0 Å². The van der Waals surface area contributed by atoms with Crippen LogP contribution in [0.25, 0.3) is 10.9 Å². The average molecular weight is 274 g/mol. The lowest BCUT2D eigenvalue weighted by atomic mass is 10.0. The number of rotatable bonds is 3. The Kier molecular flexibility index (Phi) is 3.42. The molecule has 0 radical (unpaired) electrons. The standard InChI is InChI=1S/C14H18N4O2/c1-8-2-9-6-17-18-13(9)11(3-8)14(20)16-5-10-4-15-7-12(10)19/h2-3,6,10,12,15,19H,4-5,7H2,1H3,(H,16,20)(H,17,18)/t10-,12-/m1/s1. The summed E-state index contributed by atoms with van der Waals surface area (Å²) in [6.07, 6.45) is 1.32. The molecule has 20 heavy (non-hydrogen) atoms. The summed E-state index contributed by atoms with van der Waals surface area (Å²) in [5.74, 6) is -0.0666. The second-order valence-electron chi connectivity index (χ2n) is 5.34. The van der Waals surface area contributed by atoms with E-state index in [1.54, 1.807) is 6.20 Å². The normalized spacial score (nSPS) is 22.3. The van der Waals surface area contributed by atoms with E-state index >= 15 is 0 Å². The molecule has 106 valence electrons.